The molecule has 7 nitrogen and oxygen atoms in total. The van der Waals surface area contributed by atoms with Crippen molar-refractivity contribution in [1.82, 2.24) is 20.2 Å². The van der Waals surface area contributed by atoms with Crippen LogP contribution in [-0.2, 0) is 10.0 Å². The standard InChI is InChI=1S/C18H17N5O2S2/c1-10-9-13(17-20-15-5-4-8-19-18(15)26-17)6-7-14(10)23-27(24,25)16-11(2)21-22-12(16)3/h4-9,23H,1-3H3,(H,21,22). The number of anilines is 1. The highest BCUT2D eigenvalue weighted by Crippen LogP contribution is 2.31. The normalized spacial score (nSPS) is 11.8. The van der Waals surface area contributed by atoms with Crippen molar-refractivity contribution < 1.29 is 8.42 Å². The van der Waals surface area contributed by atoms with Gasteiger partial charge in [-0.1, -0.05) is 11.3 Å². The second-order valence-electron chi connectivity index (χ2n) is 6.25. The number of H-pyrrole nitrogens is 1. The Labute approximate surface area is 160 Å². The number of nitrogens with one attached hydrogen (secondary N) is 2. The van der Waals surface area contributed by atoms with Crippen molar-refractivity contribution in [3.05, 3.63) is 53.5 Å². The number of thiazole rings is 1. The number of aromatic amines is 1. The number of sulfonamides is 1. The Morgan fingerprint density at radius 3 is 2.63 bits per heavy atom. The summed E-state index contributed by atoms with van der Waals surface area (Å²) in [6, 6.07) is 9.32. The molecule has 0 fully saturated rings. The van der Waals surface area contributed by atoms with Crippen LogP contribution < -0.4 is 4.72 Å². The molecular weight excluding hydrogens is 382 g/mol. The molecule has 0 unspecified atom stereocenters. The molecule has 3 aromatic heterocycles. The fourth-order valence-corrected chi connectivity index (χ4v) is 5.34. The van der Waals surface area contributed by atoms with Crippen LogP contribution in [0.15, 0.2) is 41.4 Å². The first-order valence-corrected chi connectivity index (χ1v) is 10.5. The smallest absolute Gasteiger partial charge is 0.265 e. The van der Waals surface area contributed by atoms with E-state index in [4.69, 9.17) is 0 Å². The highest BCUT2D eigenvalue weighted by Gasteiger charge is 2.23. The lowest BCUT2D eigenvalue weighted by Crippen LogP contribution is -2.15. The van der Waals surface area contributed by atoms with Gasteiger partial charge in [-0.05, 0) is 56.7 Å². The van der Waals surface area contributed by atoms with Crippen LogP contribution in [-0.4, -0.2) is 28.6 Å². The third-order valence-corrected chi connectivity index (χ3v) is 6.87. The van der Waals surface area contributed by atoms with E-state index in [1.807, 2.05) is 31.2 Å². The zero-order valence-electron chi connectivity index (χ0n) is 14.9. The lowest BCUT2D eigenvalue weighted by molar-refractivity contribution is 0.600. The number of nitrogens with zero attached hydrogens (tertiary/aromatic N) is 3. The topological polar surface area (TPSA) is 101 Å². The molecule has 0 aliphatic rings. The van der Waals surface area contributed by atoms with Crippen LogP contribution in [0.3, 0.4) is 0 Å². The van der Waals surface area contributed by atoms with Crippen molar-refractivity contribution >= 4 is 37.4 Å². The molecule has 0 aliphatic heterocycles. The van der Waals surface area contributed by atoms with Gasteiger partial charge < -0.3 is 0 Å². The molecule has 0 amide bonds. The summed E-state index contributed by atoms with van der Waals surface area (Å²) in [6.45, 7) is 5.21. The molecule has 0 atom stereocenters. The Balaban J connectivity index is 1.68. The maximum absolute atomic E-state index is 12.7. The van der Waals surface area contributed by atoms with Crippen LogP contribution in [0.1, 0.15) is 17.0 Å². The Bertz CT molecular complexity index is 1210. The first-order chi connectivity index (χ1) is 12.8. The largest absolute Gasteiger partial charge is 0.281 e. The number of aromatic nitrogens is 4. The minimum atomic E-state index is -3.72. The highest BCUT2D eigenvalue weighted by atomic mass is 32.2. The number of pyridine rings is 1. The zero-order valence-corrected chi connectivity index (χ0v) is 16.6. The average molecular weight is 400 g/mol. The monoisotopic (exact) mass is 399 g/mol. The second-order valence-corrected chi connectivity index (χ2v) is 8.84. The van der Waals surface area contributed by atoms with Crippen LogP contribution in [0.4, 0.5) is 5.69 Å². The first-order valence-electron chi connectivity index (χ1n) is 8.22. The molecule has 0 radical (unpaired) electrons. The fourth-order valence-electron chi connectivity index (χ4n) is 2.94. The first kappa shape index (κ1) is 17.6. The van der Waals surface area contributed by atoms with Crippen LogP contribution in [0, 0.1) is 20.8 Å². The summed E-state index contributed by atoms with van der Waals surface area (Å²) in [6.07, 6.45) is 1.74. The number of fused-ring (bicyclic) bond motifs is 1. The van der Waals surface area contributed by atoms with E-state index in [1.54, 1.807) is 26.1 Å². The molecule has 3 heterocycles. The van der Waals surface area contributed by atoms with Crippen LogP contribution in [0.25, 0.3) is 20.9 Å². The fraction of sp³-hybridized carbons (Fsp3) is 0.167. The van der Waals surface area contributed by atoms with Crippen LogP contribution in [0.5, 0.6) is 0 Å². The van der Waals surface area contributed by atoms with Gasteiger partial charge in [-0.15, -0.1) is 0 Å². The van der Waals surface area contributed by atoms with Gasteiger partial charge in [0, 0.05) is 11.8 Å². The van der Waals surface area contributed by atoms with E-state index in [1.165, 1.54) is 11.3 Å². The minimum absolute atomic E-state index is 0.184. The van der Waals surface area contributed by atoms with Crippen molar-refractivity contribution in [1.29, 1.82) is 0 Å². The summed E-state index contributed by atoms with van der Waals surface area (Å²) in [5.74, 6) is 0. The maximum Gasteiger partial charge on any atom is 0.265 e. The second kappa shape index (κ2) is 6.43. The number of rotatable bonds is 4. The van der Waals surface area contributed by atoms with Gasteiger partial charge >= 0.3 is 0 Å². The number of aryl methyl sites for hydroxylation is 3. The number of hydrogen-bond acceptors (Lipinski definition) is 6. The Morgan fingerprint density at radius 1 is 1.15 bits per heavy atom. The molecule has 4 aromatic rings. The van der Waals surface area contributed by atoms with Gasteiger partial charge in [0.15, 0.2) is 0 Å². The van der Waals surface area contributed by atoms with Crippen molar-refractivity contribution in [2.75, 3.05) is 4.72 Å². The van der Waals surface area contributed by atoms with E-state index in [0.717, 1.165) is 26.5 Å². The van der Waals surface area contributed by atoms with Gasteiger partial charge in [0.1, 0.15) is 20.3 Å². The third-order valence-electron chi connectivity index (χ3n) is 4.21. The third kappa shape index (κ3) is 3.19. The zero-order chi connectivity index (χ0) is 19.2. The van der Waals surface area contributed by atoms with E-state index in [0.29, 0.717) is 17.1 Å². The Kier molecular flexibility index (Phi) is 4.20. The molecule has 0 spiro atoms. The van der Waals surface area contributed by atoms with E-state index in [2.05, 4.69) is 24.9 Å². The molecule has 9 heteroatoms. The SMILES string of the molecule is Cc1cc(-c2nc3cccnc3s2)ccc1NS(=O)(=O)c1c(C)n[nH]c1C. The predicted octanol–water partition coefficient (Wildman–Crippen LogP) is 3.81. The number of hydrogen-bond donors (Lipinski definition) is 2. The summed E-state index contributed by atoms with van der Waals surface area (Å²) < 4.78 is 28.1. The lowest BCUT2D eigenvalue weighted by Gasteiger charge is -2.11. The molecule has 0 aliphatic carbocycles. The van der Waals surface area contributed by atoms with Crippen molar-refractivity contribution in [2.24, 2.45) is 0 Å². The quantitative estimate of drug-likeness (QED) is 0.543. The highest BCUT2D eigenvalue weighted by molar-refractivity contribution is 7.92. The van der Waals surface area contributed by atoms with E-state index < -0.39 is 10.0 Å². The summed E-state index contributed by atoms with van der Waals surface area (Å²) in [7, 11) is -3.72. The van der Waals surface area contributed by atoms with Crippen LogP contribution >= 0.6 is 11.3 Å². The molecule has 0 saturated heterocycles. The van der Waals surface area contributed by atoms with Gasteiger partial charge in [0.05, 0.1) is 17.1 Å². The maximum atomic E-state index is 12.7. The van der Waals surface area contributed by atoms with Crippen LogP contribution in [0.2, 0.25) is 0 Å². The molecule has 1 aromatic carbocycles. The minimum Gasteiger partial charge on any atom is -0.281 e. The van der Waals surface area contributed by atoms with Gasteiger partial charge in [0.25, 0.3) is 10.0 Å². The van der Waals surface area contributed by atoms with Crippen molar-refractivity contribution in [3.8, 4) is 10.6 Å². The summed E-state index contributed by atoms with van der Waals surface area (Å²) >= 11 is 1.51. The van der Waals surface area contributed by atoms with Gasteiger partial charge in [-0.2, -0.15) is 5.10 Å². The van der Waals surface area contributed by atoms with Gasteiger partial charge in [-0.25, -0.2) is 18.4 Å². The lowest BCUT2D eigenvalue weighted by atomic mass is 10.1. The number of benzene rings is 1. The van der Waals surface area contributed by atoms with Crippen molar-refractivity contribution in [3.63, 3.8) is 0 Å². The summed E-state index contributed by atoms with van der Waals surface area (Å²) in [5.41, 5.74) is 4.06. The molecule has 0 bridgehead atoms. The molecule has 0 saturated carbocycles. The molecule has 4 rings (SSSR count). The predicted molar refractivity (Wildman–Crippen MR) is 106 cm³/mol. The summed E-state index contributed by atoms with van der Waals surface area (Å²) in [4.78, 5) is 9.97. The van der Waals surface area contributed by atoms with Gasteiger partial charge in [0.2, 0.25) is 0 Å². The van der Waals surface area contributed by atoms with Crippen molar-refractivity contribution in [2.45, 2.75) is 25.7 Å². The Hall–Kier alpha value is -2.78. The summed E-state index contributed by atoms with van der Waals surface area (Å²) in [5, 5.41) is 7.52. The molecular formula is C18H17N5O2S2. The molecule has 2 N–H and O–H groups in total. The molecule has 27 heavy (non-hydrogen) atoms. The van der Waals surface area contributed by atoms with E-state index in [9.17, 15) is 8.42 Å². The Morgan fingerprint density at radius 2 is 1.96 bits per heavy atom. The van der Waals surface area contributed by atoms with E-state index in [-0.39, 0.29) is 4.90 Å². The molecule has 138 valence electrons. The van der Waals surface area contributed by atoms with E-state index >= 15 is 0 Å². The van der Waals surface area contributed by atoms with Gasteiger partial charge in [-0.3, -0.25) is 9.82 Å². The average Bonchev–Trinajstić information content (AvgIpc) is 3.20.